The molecule has 0 bridgehead atoms. The van der Waals surface area contributed by atoms with Crippen LogP contribution < -0.4 is 4.74 Å². The predicted molar refractivity (Wildman–Crippen MR) is 142 cm³/mol. The first-order valence-corrected chi connectivity index (χ1v) is 12.9. The second-order valence-corrected chi connectivity index (χ2v) is 9.76. The highest BCUT2D eigenvalue weighted by atomic mass is 16.5. The lowest BCUT2D eigenvalue weighted by atomic mass is 9.90. The van der Waals surface area contributed by atoms with Gasteiger partial charge in [0, 0.05) is 39.1 Å². The molecular weight excluding hydrogens is 450 g/mol. The number of aliphatic hydroxyl groups excluding tert-OH is 1. The van der Waals surface area contributed by atoms with Gasteiger partial charge in [-0.15, -0.1) is 0 Å². The minimum Gasteiger partial charge on any atom is -0.491 e. The zero-order valence-corrected chi connectivity index (χ0v) is 20.7. The lowest BCUT2D eigenvalue weighted by Crippen LogP contribution is -2.50. The summed E-state index contributed by atoms with van der Waals surface area (Å²) >= 11 is 0. The van der Waals surface area contributed by atoms with Gasteiger partial charge in [-0.05, 0) is 41.2 Å². The number of aliphatic hydroxyl groups is 1. The van der Waals surface area contributed by atoms with Crippen LogP contribution in [-0.4, -0.2) is 71.3 Å². The molecule has 0 saturated carbocycles. The van der Waals surface area contributed by atoms with E-state index in [9.17, 15) is 5.11 Å². The van der Waals surface area contributed by atoms with E-state index in [0.717, 1.165) is 56.0 Å². The van der Waals surface area contributed by atoms with Crippen molar-refractivity contribution in [1.82, 2.24) is 9.80 Å². The lowest BCUT2D eigenvalue weighted by Gasteiger charge is -2.40. The first-order valence-electron chi connectivity index (χ1n) is 12.9. The zero-order chi connectivity index (χ0) is 24.7. The van der Waals surface area contributed by atoms with Crippen molar-refractivity contribution in [3.05, 3.63) is 101 Å². The largest absolute Gasteiger partial charge is 0.491 e. The Hall–Kier alpha value is -3.19. The molecule has 0 spiro atoms. The van der Waals surface area contributed by atoms with Crippen molar-refractivity contribution in [1.29, 1.82) is 0 Å². The van der Waals surface area contributed by atoms with E-state index in [4.69, 9.17) is 9.94 Å². The summed E-state index contributed by atoms with van der Waals surface area (Å²) in [5.74, 6) is 0.835. The summed E-state index contributed by atoms with van der Waals surface area (Å²) in [5, 5.41) is 23.2. The molecule has 0 aromatic heterocycles. The van der Waals surface area contributed by atoms with Gasteiger partial charge in [0.2, 0.25) is 0 Å². The number of nitrogens with zero attached hydrogens (tertiary/aromatic N) is 3. The van der Waals surface area contributed by atoms with Gasteiger partial charge >= 0.3 is 0 Å². The smallest absolute Gasteiger partial charge is 0.122 e. The summed E-state index contributed by atoms with van der Waals surface area (Å²) < 4.78 is 6.06. The standard InChI is InChI=1S/C30H35N3O3/c34-27(22-36-29-13-7-12-25-20-26(31-35)14-15-28(25)29)21-32-16-18-33(19-17-32)30(23-8-3-1-4-9-23)24-10-5-2-6-11-24/h1-13,27,30,34-35H,14-22H2. The summed E-state index contributed by atoms with van der Waals surface area (Å²) in [4.78, 5) is 4.88. The Balaban J connectivity index is 1.15. The molecular formula is C30H35N3O3. The Kier molecular flexibility index (Phi) is 7.96. The highest BCUT2D eigenvalue weighted by Crippen LogP contribution is 2.30. The molecule has 1 saturated heterocycles. The number of oxime groups is 1. The molecule has 6 nitrogen and oxygen atoms in total. The van der Waals surface area contributed by atoms with Gasteiger partial charge in [0.15, 0.2) is 0 Å². The van der Waals surface area contributed by atoms with Gasteiger partial charge in [-0.3, -0.25) is 9.80 Å². The van der Waals surface area contributed by atoms with Crippen molar-refractivity contribution >= 4 is 5.71 Å². The topological polar surface area (TPSA) is 68.5 Å². The quantitative estimate of drug-likeness (QED) is 0.371. The van der Waals surface area contributed by atoms with Gasteiger partial charge in [-0.2, -0.15) is 0 Å². The maximum Gasteiger partial charge on any atom is 0.122 e. The number of hydrogen-bond acceptors (Lipinski definition) is 6. The van der Waals surface area contributed by atoms with E-state index in [1.165, 1.54) is 16.7 Å². The fourth-order valence-corrected chi connectivity index (χ4v) is 5.48. The van der Waals surface area contributed by atoms with Crippen molar-refractivity contribution in [3.8, 4) is 5.75 Å². The zero-order valence-electron chi connectivity index (χ0n) is 20.7. The Morgan fingerprint density at radius 1 is 0.806 bits per heavy atom. The number of ether oxygens (including phenoxy) is 1. The summed E-state index contributed by atoms with van der Waals surface area (Å²) in [7, 11) is 0. The first-order chi connectivity index (χ1) is 17.7. The fourth-order valence-electron chi connectivity index (χ4n) is 5.48. The highest BCUT2D eigenvalue weighted by Gasteiger charge is 2.27. The molecule has 0 amide bonds. The third-order valence-corrected chi connectivity index (χ3v) is 7.33. The normalized spacial score (nSPS) is 18.8. The van der Waals surface area contributed by atoms with Gasteiger partial charge < -0.3 is 15.1 Å². The van der Waals surface area contributed by atoms with Crippen LogP contribution in [0, 0.1) is 0 Å². The van der Waals surface area contributed by atoms with Crippen molar-refractivity contribution in [2.24, 2.45) is 5.16 Å². The molecule has 1 fully saturated rings. The molecule has 3 aromatic carbocycles. The van der Waals surface area contributed by atoms with Crippen LogP contribution in [0.25, 0.3) is 0 Å². The maximum absolute atomic E-state index is 10.7. The van der Waals surface area contributed by atoms with Crippen LogP contribution >= 0.6 is 0 Å². The molecule has 3 aromatic rings. The number of fused-ring (bicyclic) bond motifs is 1. The fraction of sp³-hybridized carbons (Fsp3) is 0.367. The van der Waals surface area contributed by atoms with Gasteiger partial charge in [0.1, 0.15) is 18.5 Å². The van der Waals surface area contributed by atoms with E-state index in [-0.39, 0.29) is 12.6 Å². The van der Waals surface area contributed by atoms with Crippen LogP contribution in [0.2, 0.25) is 0 Å². The molecule has 188 valence electrons. The third kappa shape index (κ3) is 5.78. The number of rotatable bonds is 8. The van der Waals surface area contributed by atoms with E-state index >= 15 is 0 Å². The number of β-amino-alcohol motifs (C(OH)–C–C–N with tert-alkyl or cyclic N) is 1. The molecule has 1 aliphatic heterocycles. The van der Waals surface area contributed by atoms with Crippen LogP contribution in [0.4, 0.5) is 0 Å². The number of piperazine rings is 1. The molecule has 6 heteroatoms. The molecule has 5 rings (SSSR count). The van der Waals surface area contributed by atoms with E-state index < -0.39 is 6.10 Å². The molecule has 36 heavy (non-hydrogen) atoms. The summed E-state index contributed by atoms with van der Waals surface area (Å²) in [6.45, 7) is 4.60. The molecule has 2 N–H and O–H groups in total. The van der Waals surface area contributed by atoms with Crippen LogP contribution in [0.5, 0.6) is 5.75 Å². The monoisotopic (exact) mass is 485 g/mol. The second-order valence-electron chi connectivity index (χ2n) is 9.76. The summed E-state index contributed by atoms with van der Waals surface area (Å²) in [6.07, 6.45) is 1.64. The molecule has 1 atom stereocenters. The SMILES string of the molecule is ON=C1CCc2c(cccc2OCC(O)CN2CCN(C(c3ccccc3)c3ccccc3)CC2)C1. The highest BCUT2D eigenvalue weighted by molar-refractivity contribution is 5.88. The van der Waals surface area contributed by atoms with E-state index in [0.29, 0.717) is 13.0 Å². The molecule has 2 aliphatic rings. The van der Waals surface area contributed by atoms with Crippen molar-refractivity contribution in [2.45, 2.75) is 31.4 Å². The number of benzene rings is 3. The Morgan fingerprint density at radius 3 is 2.11 bits per heavy atom. The van der Waals surface area contributed by atoms with Crippen molar-refractivity contribution in [3.63, 3.8) is 0 Å². The summed E-state index contributed by atoms with van der Waals surface area (Å²) in [6, 6.07) is 27.7. The van der Waals surface area contributed by atoms with E-state index in [1.54, 1.807) is 0 Å². The Morgan fingerprint density at radius 2 is 1.47 bits per heavy atom. The van der Waals surface area contributed by atoms with Crippen LogP contribution in [0.3, 0.4) is 0 Å². The second kappa shape index (κ2) is 11.7. The Labute approximate surface area is 213 Å². The molecule has 1 aliphatic carbocycles. The maximum atomic E-state index is 10.7. The van der Waals surface area contributed by atoms with Crippen molar-refractivity contribution in [2.75, 3.05) is 39.3 Å². The summed E-state index contributed by atoms with van der Waals surface area (Å²) in [5.41, 5.74) is 5.74. The van der Waals surface area contributed by atoms with Gasteiger partial charge in [-0.25, -0.2) is 0 Å². The third-order valence-electron chi connectivity index (χ3n) is 7.33. The molecule has 1 heterocycles. The minimum atomic E-state index is -0.551. The predicted octanol–water partition coefficient (Wildman–Crippen LogP) is 4.15. The van der Waals surface area contributed by atoms with Gasteiger partial charge in [0.05, 0.1) is 11.8 Å². The van der Waals surface area contributed by atoms with Crippen LogP contribution in [0.15, 0.2) is 84.0 Å². The van der Waals surface area contributed by atoms with E-state index in [1.807, 2.05) is 12.1 Å². The van der Waals surface area contributed by atoms with Crippen LogP contribution in [0.1, 0.15) is 34.7 Å². The molecule has 1 unspecified atom stereocenters. The molecule has 0 radical (unpaired) electrons. The average molecular weight is 486 g/mol. The first kappa shape index (κ1) is 24.5. The minimum absolute atomic E-state index is 0.239. The number of hydrogen-bond donors (Lipinski definition) is 2. The van der Waals surface area contributed by atoms with Crippen molar-refractivity contribution < 1.29 is 15.1 Å². The van der Waals surface area contributed by atoms with Crippen LogP contribution in [-0.2, 0) is 12.8 Å². The van der Waals surface area contributed by atoms with Gasteiger partial charge in [0.25, 0.3) is 0 Å². The van der Waals surface area contributed by atoms with Gasteiger partial charge in [-0.1, -0.05) is 78.0 Å². The van der Waals surface area contributed by atoms with E-state index in [2.05, 4.69) is 81.7 Å². The average Bonchev–Trinajstić information content (AvgIpc) is 2.94. The Bertz CT molecular complexity index is 1110. The lowest BCUT2D eigenvalue weighted by molar-refractivity contribution is 0.0399.